The molecule has 1 aromatic carbocycles. The summed E-state index contributed by atoms with van der Waals surface area (Å²) in [6, 6.07) is 8.66. The zero-order chi connectivity index (χ0) is 14.5. The molecule has 0 saturated carbocycles. The molecule has 5 nitrogen and oxygen atoms in total. The molecule has 0 radical (unpaired) electrons. The van der Waals surface area contributed by atoms with Crippen LogP contribution in [0.25, 0.3) is 0 Å². The largest absolute Gasteiger partial charge is 0.306 e. The third-order valence-corrected chi connectivity index (χ3v) is 3.35. The number of aryl methyl sites for hydroxylation is 1. The molecule has 0 spiro atoms. The maximum absolute atomic E-state index is 11.0. The SMILES string of the molecule is Cc1ccncc1CNC(C)c1ccccc1[N+](=O)[O-]. The summed E-state index contributed by atoms with van der Waals surface area (Å²) in [6.07, 6.45) is 3.57. The molecule has 2 rings (SSSR count). The minimum absolute atomic E-state index is 0.101. The number of pyridine rings is 1. The zero-order valence-electron chi connectivity index (χ0n) is 11.5. The molecule has 20 heavy (non-hydrogen) atoms. The van der Waals surface area contributed by atoms with E-state index in [1.54, 1.807) is 18.3 Å². The zero-order valence-corrected chi connectivity index (χ0v) is 11.5. The van der Waals surface area contributed by atoms with Gasteiger partial charge in [0.05, 0.1) is 4.92 Å². The Balaban J connectivity index is 2.11. The lowest BCUT2D eigenvalue weighted by Crippen LogP contribution is -2.19. The van der Waals surface area contributed by atoms with E-state index in [0.717, 1.165) is 11.1 Å². The van der Waals surface area contributed by atoms with Gasteiger partial charge in [-0.3, -0.25) is 15.1 Å². The maximum atomic E-state index is 11.0. The Morgan fingerprint density at radius 1 is 1.35 bits per heavy atom. The van der Waals surface area contributed by atoms with Crippen LogP contribution in [0.15, 0.2) is 42.7 Å². The summed E-state index contributed by atoms with van der Waals surface area (Å²) < 4.78 is 0. The number of aromatic nitrogens is 1. The van der Waals surface area contributed by atoms with Crippen LogP contribution in [0.4, 0.5) is 5.69 Å². The first kappa shape index (κ1) is 14.1. The normalized spacial score (nSPS) is 12.1. The molecule has 1 unspecified atom stereocenters. The fraction of sp³-hybridized carbons (Fsp3) is 0.267. The van der Waals surface area contributed by atoms with Crippen molar-refractivity contribution in [3.63, 3.8) is 0 Å². The first-order valence-corrected chi connectivity index (χ1v) is 6.45. The van der Waals surface area contributed by atoms with Crippen LogP contribution in [0, 0.1) is 17.0 Å². The molecule has 0 amide bonds. The van der Waals surface area contributed by atoms with Crippen molar-refractivity contribution in [2.24, 2.45) is 0 Å². The summed E-state index contributed by atoms with van der Waals surface area (Å²) in [5, 5.41) is 14.3. The number of nitrogens with zero attached hydrogens (tertiary/aromatic N) is 2. The second-order valence-electron chi connectivity index (χ2n) is 4.72. The molecule has 0 fully saturated rings. The molecule has 1 aromatic heterocycles. The van der Waals surface area contributed by atoms with Crippen molar-refractivity contribution >= 4 is 5.69 Å². The van der Waals surface area contributed by atoms with Gasteiger partial charge >= 0.3 is 0 Å². The Hall–Kier alpha value is -2.27. The van der Waals surface area contributed by atoms with Crippen LogP contribution in [0.2, 0.25) is 0 Å². The van der Waals surface area contributed by atoms with Gasteiger partial charge in [-0.25, -0.2) is 0 Å². The van der Waals surface area contributed by atoms with E-state index in [0.29, 0.717) is 12.1 Å². The topological polar surface area (TPSA) is 68.1 Å². The predicted octanol–water partition coefficient (Wildman–Crippen LogP) is 3.15. The summed E-state index contributed by atoms with van der Waals surface area (Å²) in [6.45, 7) is 4.58. The van der Waals surface area contributed by atoms with Gasteiger partial charge in [-0.15, -0.1) is 0 Å². The number of benzene rings is 1. The van der Waals surface area contributed by atoms with E-state index in [2.05, 4.69) is 10.3 Å². The predicted molar refractivity (Wildman–Crippen MR) is 77.3 cm³/mol. The number of hydrogen-bond acceptors (Lipinski definition) is 4. The van der Waals surface area contributed by atoms with Crippen LogP contribution in [0.3, 0.4) is 0 Å². The third-order valence-electron chi connectivity index (χ3n) is 3.35. The Morgan fingerprint density at radius 3 is 2.80 bits per heavy atom. The highest BCUT2D eigenvalue weighted by Gasteiger charge is 2.17. The smallest absolute Gasteiger partial charge is 0.274 e. The van der Waals surface area contributed by atoms with Crippen molar-refractivity contribution in [1.29, 1.82) is 0 Å². The van der Waals surface area contributed by atoms with Gasteiger partial charge in [0.15, 0.2) is 0 Å². The number of nitro benzene ring substituents is 1. The van der Waals surface area contributed by atoms with Gasteiger partial charge in [-0.1, -0.05) is 18.2 Å². The van der Waals surface area contributed by atoms with Gasteiger partial charge < -0.3 is 5.32 Å². The molecular formula is C15H17N3O2. The van der Waals surface area contributed by atoms with Crippen molar-refractivity contribution in [3.05, 3.63) is 69.5 Å². The van der Waals surface area contributed by atoms with Gasteiger partial charge in [0.1, 0.15) is 0 Å². The van der Waals surface area contributed by atoms with Crippen molar-refractivity contribution in [1.82, 2.24) is 10.3 Å². The van der Waals surface area contributed by atoms with Crippen LogP contribution < -0.4 is 5.32 Å². The average molecular weight is 271 g/mol. The van der Waals surface area contributed by atoms with Crippen molar-refractivity contribution in [2.75, 3.05) is 0 Å². The maximum Gasteiger partial charge on any atom is 0.274 e. The van der Waals surface area contributed by atoms with E-state index in [4.69, 9.17) is 0 Å². The molecule has 0 aliphatic rings. The molecule has 1 atom stereocenters. The summed E-state index contributed by atoms with van der Waals surface area (Å²) in [4.78, 5) is 14.8. The lowest BCUT2D eigenvalue weighted by molar-refractivity contribution is -0.385. The molecule has 2 aromatic rings. The van der Waals surface area contributed by atoms with E-state index < -0.39 is 0 Å². The number of hydrogen-bond donors (Lipinski definition) is 1. The van der Waals surface area contributed by atoms with Gasteiger partial charge in [0, 0.05) is 36.6 Å². The lowest BCUT2D eigenvalue weighted by atomic mass is 10.1. The summed E-state index contributed by atoms with van der Waals surface area (Å²) in [5.74, 6) is 0. The first-order chi connectivity index (χ1) is 9.59. The van der Waals surface area contributed by atoms with Crippen LogP contribution in [-0.4, -0.2) is 9.91 Å². The highest BCUT2D eigenvalue weighted by molar-refractivity contribution is 5.41. The van der Waals surface area contributed by atoms with E-state index in [1.807, 2.05) is 32.2 Å². The summed E-state index contributed by atoms with van der Waals surface area (Å²) in [7, 11) is 0. The molecular weight excluding hydrogens is 254 g/mol. The van der Waals surface area contributed by atoms with Gasteiger partial charge in [-0.05, 0) is 31.0 Å². The highest BCUT2D eigenvalue weighted by Crippen LogP contribution is 2.24. The lowest BCUT2D eigenvalue weighted by Gasteiger charge is -2.15. The Labute approximate surface area is 117 Å². The van der Waals surface area contributed by atoms with Gasteiger partial charge in [0.2, 0.25) is 0 Å². The van der Waals surface area contributed by atoms with Crippen LogP contribution >= 0.6 is 0 Å². The van der Waals surface area contributed by atoms with E-state index in [9.17, 15) is 10.1 Å². The number of rotatable bonds is 5. The molecule has 1 N–H and O–H groups in total. The number of nitro groups is 1. The quantitative estimate of drug-likeness (QED) is 0.670. The van der Waals surface area contributed by atoms with E-state index in [-0.39, 0.29) is 16.7 Å². The van der Waals surface area contributed by atoms with Crippen LogP contribution in [-0.2, 0) is 6.54 Å². The minimum Gasteiger partial charge on any atom is -0.306 e. The standard InChI is InChI=1S/C15H17N3O2/c1-11-7-8-16-9-13(11)10-17-12(2)14-5-3-4-6-15(14)18(19)20/h3-9,12,17H,10H2,1-2H3. The highest BCUT2D eigenvalue weighted by atomic mass is 16.6. The first-order valence-electron chi connectivity index (χ1n) is 6.45. The van der Waals surface area contributed by atoms with E-state index >= 15 is 0 Å². The monoisotopic (exact) mass is 271 g/mol. The molecule has 104 valence electrons. The molecule has 0 aliphatic heterocycles. The van der Waals surface area contributed by atoms with Gasteiger partial charge in [0.25, 0.3) is 5.69 Å². The van der Waals surface area contributed by atoms with E-state index in [1.165, 1.54) is 6.07 Å². The van der Waals surface area contributed by atoms with Crippen molar-refractivity contribution < 1.29 is 4.92 Å². The molecule has 0 bridgehead atoms. The summed E-state index contributed by atoms with van der Waals surface area (Å²) >= 11 is 0. The van der Waals surface area contributed by atoms with Crippen LogP contribution in [0.5, 0.6) is 0 Å². The average Bonchev–Trinajstić information content (AvgIpc) is 2.46. The molecule has 5 heteroatoms. The fourth-order valence-corrected chi connectivity index (χ4v) is 2.07. The van der Waals surface area contributed by atoms with Crippen molar-refractivity contribution in [3.8, 4) is 0 Å². The molecule has 1 heterocycles. The molecule has 0 saturated heterocycles. The minimum atomic E-state index is -0.344. The Kier molecular flexibility index (Phi) is 4.42. The second-order valence-corrected chi connectivity index (χ2v) is 4.72. The fourth-order valence-electron chi connectivity index (χ4n) is 2.07. The van der Waals surface area contributed by atoms with Gasteiger partial charge in [-0.2, -0.15) is 0 Å². The third kappa shape index (κ3) is 3.19. The Bertz CT molecular complexity index is 614. The number of para-hydroxylation sites is 1. The molecule has 0 aliphatic carbocycles. The second kappa shape index (κ2) is 6.25. The van der Waals surface area contributed by atoms with Crippen molar-refractivity contribution in [2.45, 2.75) is 26.4 Å². The number of nitrogens with one attached hydrogen (secondary N) is 1. The summed E-state index contributed by atoms with van der Waals surface area (Å²) in [5.41, 5.74) is 3.09. The van der Waals surface area contributed by atoms with Crippen LogP contribution in [0.1, 0.15) is 29.7 Å². The Morgan fingerprint density at radius 2 is 2.10 bits per heavy atom.